The molecule has 1 atom stereocenters. The number of rotatable bonds is 6. The van der Waals surface area contributed by atoms with Crippen molar-refractivity contribution in [1.82, 2.24) is 0 Å². The molecule has 19 heavy (non-hydrogen) atoms. The highest BCUT2D eigenvalue weighted by atomic mass is 32.1. The Bertz CT molecular complexity index is 443. The molecule has 1 rings (SSSR count). The van der Waals surface area contributed by atoms with E-state index >= 15 is 0 Å². The van der Waals surface area contributed by atoms with Crippen LogP contribution in [0.3, 0.4) is 0 Å². The highest BCUT2D eigenvalue weighted by molar-refractivity contribution is 7.14. The van der Waals surface area contributed by atoms with Crippen molar-refractivity contribution < 1.29 is 14.3 Å². The SMILES string of the molecule is CCOC(=O)c1ccsc1NC(=O)CC(N)C(C)C. The molecule has 0 radical (unpaired) electrons. The van der Waals surface area contributed by atoms with Crippen LogP contribution in [0, 0.1) is 5.92 Å². The van der Waals surface area contributed by atoms with Gasteiger partial charge in [0.25, 0.3) is 0 Å². The van der Waals surface area contributed by atoms with Crippen LogP contribution in [-0.2, 0) is 9.53 Å². The Hall–Kier alpha value is -1.40. The van der Waals surface area contributed by atoms with Crippen molar-refractivity contribution in [1.29, 1.82) is 0 Å². The quantitative estimate of drug-likeness (QED) is 0.785. The number of nitrogens with two attached hydrogens (primary N) is 1. The molecule has 1 aromatic rings. The third-order valence-corrected chi connectivity index (χ3v) is 3.52. The van der Waals surface area contributed by atoms with Crippen molar-refractivity contribution in [3.8, 4) is 0 Å². The molecule has 5 nitrogen and oxygen atoms in total. The summed E-state index contributed by atoms with van der Waals surface area (Å²) in [5, 5.41) is 4.97. The second kappa shape index (κ2) is 7.25. The molecule has 1 amide bonds. The fraction of sp³-hybridized carbons (Fsp3) is 0.538. The first-order chi connectivity index (χ1) is 8.95. The number of esters is 1. The van der Waals surface area contributed by atoms with Gasteiger partial charge >= 0.3 is 5.97 Å². The summed E-state index contributed by atoms with van der Waals surface area (Å²) in [7, 11) is 0. The molecule has 106 valence electrons. The summed E-state index contributed by atoms with van der Waals surface area (Å²) in [6, 6.07) is 1.45. The number of amides is 1. The van der Waals surface area contributed by atoms with E-state index in [2.05, 4.69) is 5.32 Å². The highest BCUT2D eigenvalue weighted by Gasteiger charge is 2.18. The van der Waals surface area contributed by atoms with Crippen LogP contribution in [-0.4, -0.2) is 24.5 Å². The highest BCUT2D eigenvalue weighted by Crippen LogP contribution is 2.24. The van der Waals surface area contributed by atoms with Crippen LogP contribution in [0.1, 0.15) is 37.6 Å². The first-order valence-corrected chi connectivity index (χ1v) is 7.13. The maximum absolute atomic E-state index is 11.8. The van der Waals surface area contributed by atoms with Gasteiger partial charge in [0.15, 0.2) is 0 Å². The minimum atomic E-state index is -0.424. The van der Waals surface area contributed by atoms with Gasteiger partial charge in [-0.15, -0.1) is 11.3 Å². The van der Waals surface area contributed by atoms with Crippen LogP contribution >= 0.6 is 11.3 Å². The maximum Gasteiger partial charge on any atom is 0.341 e. The molecule has 3 N–H and O–H groups in total. The van der Waals surface area contributed by atoms with Gasteiger partial charge in [-0.2, -0.15) is 0 Å². The summed E-state index contributed by atoms with van der Waals surface area (Å²) in [5.41, 5.74) is 6.23. The smallest absolute Gasteiger partial charge is 0.341 e. The molecular formula is C13H20N2O3S. The Morgan fingerprint density at radius 2 is 2.16 bits per heavy atom. The number of thiophene rings is 1. The molecule has 0 aliphatic carbocycles. The number of carbonyl (C=O) groups excluding carboxylic acids is 2. The summed E-state index contributed by atoms with van der Waals surface area (Å²) >= 11 is 1.29. The average molecular weight is 284 g/mol. The summed E-state index contributed by atoms with van der Waals surface area (Å²) in [6.45, 7) is 5.98. The topological polar surface area (TPSA) is 81.4 Å². The lowest BCUT2D eigenvalue weighted by atomic mass is 10.0. The lowest BCUT2D eigenvalue weighted by Crippen LogP contribution is -2.31. The van der Waals surface area contributed by atoms with Gasteiger partial charge in [0.2, 0.25) is 5.91 Å². The van der Waals surface area contributed by atoms with E-state index in [9.17, 15) is 9.59 Å². The molecule has 0 aliphatic heterocycles. The number of carbonyl (C=O) groups is 2. The maximum atomic E-state index is 11.8. The lowest BCUT2D eigenvalue weighted by Gasteiger charge is -2.14. The first kappa shape index (κ1) is 15.7. The molecule has 0 saturated carbocycles. The van der Waals surface area contributed by atoms with E-state index in [1.54, 1.807) is 18.4 Å². The van der Waals surface area contributed by atoms with Gasteiger partial charge in [-0.05, 0) is 24.3 Å². The van der Waals surface area contributed by atoms with Crippen LogP contribution in [0.2, 0.25) is 0 Å². The fourth-order valence-corrected chi connectivity index (χ4v) is 2.19. The number of ether oxygens (including phenoxy) is 1. The van der Waals surface area contributed by atoms with Gasteiger partial charge in [-0.25, -0.2) is 4.79 Å². The van der Waals surface area contributed by atoms with Crippen molar-refractivity contribution in [2.45, 2.75) is 33.2 Å². The second-order valence-corrected chi connectivity index (χ2v) is 5.46. The summed E-state index contributed by atoms with van der Waals surface area (Å²) in [5.74, 6) is -0.375. The van der Waals surface area contributed by atoms with Crippen LogP contribution in [0.25, 0.3) is 0 Å². The van der Waals surface area contributed by atoms with Crippen LogP contribution in [0.5, 0.6) is 0 Å². The monoisotopic (exact) mass is 284 g/mol. The van der Waals surface area contributed by atoms with E-state index in [1.807, 2.05) is 13.8 Å². The molecule has 0 fully saturated rings. The zero-order valence-corrected chi connectivity index (χ0v) is 12.3. The van der Waals surface area contributed by atoms with E-state index < -0.39 is 5.97 Å². The molecule has 6 heteroatoms. The average Bonchev–Trinajstić information content (AvgIpc) is 2.77. The molecule has 0 aliphatic rings. The standard InChI is InChI=1S/C13H20N2O3S/c1-4-18-13(17)9-5-6-19-12(9)15-11(16)7-10(14)8(2)3/h5-6,8,10H,4,7,14H2,1-3H3,(H,15,16). The molecule has 1 aromatic heterocycles. The van der Waals surface area contributed by atoms with E-state index in [0.717, 1.165) is 0 Å². The van der Waals surface area contributed by atoms with Crippen LogP contribution < -0.4 is 11.1 Å². The van der Waals surface area contributed by atoms with Crippen molar-refractivity contribution in [3.63, 3.8) is 0 Å². The summed E-state index contributed by atoms with van der Waals surface area (Å²) < 4.78 is 4.92. The van der Waals surface area contributed by atoms with E-state index in [-0.39, 0.29) is 24.3 Å². The van der Waals surface area contributed by atoms with Crippen LogP contribution in [0.4, 0.5) is 5.00 Å². The largest absolute Gasteiger partial charge is 0.462 e. The minimum Gasteiger partial charge on any atom is -0.462 e. The molecule has 0 saturated heterocycles. The van der Waals surface area contributed by atoms with E-state index in [4.69, 9.17) is 10.5 Å². The summed E-state index contributed by atoms with van der Waals surface area (Å²) in [6.07, 6.45) is 0.234. The predicted octanol–water partition coefficient (Wildman–Crippen LogP) is 2.24. The van der Waals surface area contributed by atoms with Crippen LogP contribution in [0.15, 0.2) is 11.4 Å². The molecule has 1 heterocycles. The van der Waals surface area contributed by atoms with Gasteiger partial charge in [0.05, 0.1) is 12.2 Å². The number of nitrogens with one attached hydrogen (secondary N) is 1. The van der Waals surface area contributed by atoms with E-state index in [0.29, 0.717) is 17.2 Å². The Balaban J connectivity index is 2.65. The number of hydrogen-bond donors (Lipinski definition) is 2. The van der Waals surface area contributed by atoms with Crippen molar-refractivity contribution in [2.75, 3.05) is 11.9 Å². The Kier molecular flexibility index (Phi) is 5.98. The second-order valence-electron chi connectivity index (χ2n) is 4.54. The number of hydrogen-bond acceptors (Lipinski definition) is 5. The molecular weight excluding hydrogens is 264 g/mol. The Labute approximate surface area is 117 Å². The zero-order chi connectivity index (χ0) is 14.4. The van der Waals surface area contributed by atoms with Gasteiger partial charge in [-0.3, -0.25) is 4.79 Å². The normalized spacial score (nSPS) is 12.3. The van der Waals surface area contributed by atoms with Crippen molar-refractivity contribution >= 4 is 28.2 Å². The number of anilines is 1. The Morgan fingerprint density at radius 1 is 1.47 bits per heavy atom. The van der Waals surface area contributed by atoms with Gasteiger partial charge in [0, 0.05) is 12.5 Å². The third-order valence-electron chi connectivity index (χ3n) is 2.69. The minimum absolute atomic E-state index is 0.186. The summed E-state index contributed by atoms with van der Waals surface area (Å²) in [4.78, 5) is 23.5. The van der Waals surface area contributed by atoms with Crippen molar-refractivity contribution in [3.05, 3.63) is 17.0 Å². The zero-order valence-electron chi connectivity index (χ0n) is 11.4. The third kappa shape index (κ3) is 4.65. The van der Waals surface area contributed by atoms with Gasteiger partial charge < -0.3 is 15.8 Å². The van der Waals surface area contributed by atoms with Gasteiger partial charge in [0.1, 0.15) is 5.00 Å². The molecule has 0 bridgehead atoms. The predicted molar refractivity (Wildman–Crippen MR) is 76.3 cm³/mol. The molecule has 0 spiro atoms. The fourth-order valence-electron chi connectivity index (χ4n) is 1.40. The lowest BCUT2D eigenvalue weighted by molar-refractivity contribution is -0.116. The van der Waals surface area contributed by atoms with Gasteiger partial charge in [-0.1, -0.05) is 13.8 Å². The molecule has 0 aromatic carbocycles. The first-order valence-electron chi connectivity index (χ1n) is 6.25. The van der Waals surface area contributed by atoms with Crippen molar-refractivity contribution in [2.24, 2.45) is 11.7 Å². The molecule has 1 unspecified atom stereocenters. The van der Waals surface area contributed by atoms with E-state index in [1.165, 1.54) is 11.3 Å². The Morgan fingerprint density at radius 3 is 2.74 bits per heavy atom.